The highest BCUT2D eigenvalue weighted by Gasteiger charge is 2.37. The van der Waals surface area contributed by atoms with Crippen LogP contribution in [-0.2, 0) is 10.9 Å². The van der Waals surface area contributed by atoms with Crippen LogP contribution in [0.4, 0.5) is 13.2 Å². The van der Waals surface area contributed by atoms with Crippen LogP contribution in [0.1, 0.15) is 49.3 Å². The van der Waals surface area contributed by atoms with E-state index in [4.69, 9.17) is 10.5 Å². The van der Waals surface area contributed by atoms with Crippen molar-refractivity contribution in [2.24, 2.45) is 11.7 Å². The van der Waals surface area contributed by atoms with Gasteiger partial charge in [-0.25, -0.2) is 0 Å². The third-order valence-corrected chi connectivity index (χ3v) is 4.37. The molecular weight excluding hydrogens is 279 g/mol. The zero-order valence-electron chi connectivity index (χ0n) is 12.2. The number of halogens is 3. The summed E-state index contributed by atoms with van der Waals surface area (Å²) in [5.41, 5.74) is 5.62. The fourth-order valence-electron chi connectivity index (χ4n) is 3.32. The molecule has 5 heteroatoms. The molecule has 0 aliphatic heterocycles. The topological polar surface area (TPSA) is 35.2 Å². The lowest BCUT2D eigenvalue weighted by Gasteiger charge is -2.34. The normalized spacial score (nSPS) is 20.2. The Morgan fingerprint density at radius 3 is 2.33 bits per heavy atom. The van der Waals surface area contributed by atoms with E-state index in [1.54, 1.807) is 6.07 Å². The lowest BCUT2D eigenvalue weighted by atomic mass is 9.80. The molecule has 21 heavy (non-hydrogen) atoms. The van der Waals surface area contributed by atoms with Crippen LogP contribution in [0.15, 0.2) is 24.3 Å². The van der Waals surface area contributed by atoms with Crippen LogP contribution in [-0.4, -0.2) is 13.2 Å². The van der Waals surface area contributed by atoms with Gasteiger partial charge in [0.1, 0.15) is 0 Å². The lowest BCUT2D eigenvalue weighted by molar-refractivity contribution is -0.138. The molecule has 1 fully saturated rings. The highest BCUT2D eigenvalue weighted by atomic mass is 19.4. The number of alkyl halides is 3. The van der Waals surface area contributed by atoms with Crippen LogP contribution in [0.2, 0.25) is 0 Å². The van der Waals surface area contributed by atoms with Crippen molar-refractivity contribution < 1.29 is 17.9 Å². The molecule has 2 atom stereocenters. The summed E-state index contributed by atoms with van der Waals surface area (Å²) < 4.78 is 44.8. The van der Waals surface area contributed by atoms with Crippen LogP contribution in [0.3, 0.4) is 0 Å². The fraction of sp³-hybridized carbons (Fsp3) is 0.625. The number of nitrogens with two attached hydrogens (primary N) is 1. The van der Waals surface area contributed by atoms with Crippen molar-refractivity contribution in [3.05, 3.63) is 35.4 Å². The monoisotopic (exact) mass is 301 g/mol. The van der Waals surface area contributed by atoms with Crippen molar-refractivity contribution in [2.75, 3.05) is 7.11 Å². The molecule has 0 spiro atoms. The molecule has 118 valence electrons. The predicted molar refractivity (Wildman–Crippen MR) is 75.7 cm³/mol. The first kappa shape index (κ1) is 16.3. The zero-order chi connectivity index (χ0) is 15.5. The van der Waals surface area contributed by atoms with E-state index in [1.165, 1.54) is 25.7 Å². The molecule has 2 N–H and O–H groups in total. The fourth-order valence-corrected chi connectivity index (χ4v) is 3.32. The van der Waals surface area contributed by atoms with Crippen LogP contribution in [0.5, 0.6) is 0 Å². The minimum atomic E-state index is -4.39. The van der Waals surface area contributed by atoms with Crippen LogP contribution >= 0.6 is 0 Å². The van der Waals surface area contributed by atoms with Crippen LogP contribution in [0, 0.1) is 5.92 Å². The average molecular weight is 301 g/mol. The molecule has 2 unspecified atom stereocenters. The number of hydrogen-bond donors (Lipinski definition) is 1. The maximum Gasteiger partial charge on any atom is 0.416 e. The predicted octanol–water partition coefficient (Wildman–Crippen LogP) is 4.30. The Labute approximate surface area is 123 Å². The molecule has 1 aromatic rings. The Kier molecular flexibility index (Phi) is 5.27. The van der Waals surface area contributed by atoms with E-state index in [-0.39, 0.29) is 17.6 Å². The van der Waals surface area contributed by atoms with Crippen molar-refractivity contribution >= 4 is 0 Å². The Bertz CT molecular complexity index is 455. The maximum atomic E-state index is 13.1. The van der Waals surface area contributed by atoms with Gasteiger partial charge in [-0.15, -0.1) is 0 Å². The lowest BCUT2D eigenvalue weighted by Crippen LogP contribution is -2.37. The first-order valence-corrected chi connectivity index (χ1v) is 7.39. The van der Waals surface area contributed by atoms with Gasteiger partial charge in [0.05, 0.1) is 17.7 Å². The van der Waals surface area contributed by atoms with Gasteiger partial charge >= 0.3 is 6.18 Å². The number of rotatable bonds is 4. The highest BCUT2D eigenvalue weighted by Crippen LogP contribution is 2.38. The second-order valence-corrected chi connectivity index (χ2v) is 5.71. The minimum Gasteiger partial charge on any atom is -0.379 e. The van der Waals surface area contributed by atoms with E-state index in [9.17, 15) is 13.2 Å². The summed E-state index contributed by atoms with van der Waals surface area (Å²) in [4.78, 5) is 0. The first-order valence-electron chi connectivity index (χ1n) is 7.39. The van der Waals surface area contributed by atoms with Gasteiger partial charge in [0.15, 0.2) is 0 Å². The standard InChI is InChI=1S/C16H22F3NO/c1-21-15(11-7-3-2-4-8-11)14(20)12-9-5-6-10-13(12)16(17,18)19/h5-6,9-11,14-15H,2-4,7-8,20H2,1H3. The van der Waals surface area contributed by atoms with Crippen molar-refractivity contribution in [3.63, 3.8) is 0 Å². The number of benzene rings is 1. The Morgan fingerprint density at radius 1 is 1.14 bits per heavy atom. The van der Waals surface area contributed by atoms with Gasteiger partial charge in [-0.05, 0) is 30.4 Å². The molecule has 1 saturated carbocycles. The molecular formula is C16H22F3NO. The van der Waals surface area contributed by atoms with Crippen LogP contribution < -0.4 is 5.73 Å². The van der Waals surface area contributed by atoms with Gasteiger partial charge in [-0.2, -0.15) is 13.2 Å². The largest absolute Gasteiger partial charge is 0.416 e. The van der Waals surface area contributed by atoms with Gasteiger partial charge in [0, 0.05) is 7.11 Å². The second-order valence-electron chi connectivity index (χ2n) is 5.71. The van der Waals surface area contributed by atoms with Gasteiger partial charge in [-0.3, -0.25) is 0 Å². The molecule has 1 aromatic carbocycles. The minimum absolute atomic E-state index is 0.127. The highest BCUT2D eigenvalue weighted by molar-refractivity contribution is 5.33. The van der Waals surface area contributed by atoms with Gasteiger partial charge < -0.3 is 10.5 Å². The number of hydrogen-bond acceptors (Lipinski definition) is 2. The SMILES string of the molecule is COC(C1CCCCC1)C(N)c1ccccc1C(F)(F)F. The summed E-state index contributed by atoms with van der Waals surface area (Å²) in [6, 6.07) is 4.78. The summed E-state index contributed by atoms with van der Waals surface area (Å²) in [7, 11) is 1.54. The number of ether oxygens (including phenoxy) is 1. The molecule has 1 aliphatic carbocycles. The summed E-state index contributed by atoms with van der Waals surface area (Å²) in [5.74, 6) is 0.236. The molecule has 0 aromatic heterocycles. The van der Waals surface area contributed by atoms with Crippen molar-refractivity contribution in [3.8, 4) is 0 Å². The van der Waals surface area contributed by atoms with E-state index in [0.29, 0.717) is 0 Å². The van der Waals surface area contributed by atoms with E-state index in [1.807, 2.05) is 0 Å². The molecule has 0 amide bonds. The molecule has 2 nitrogen and oxygen atoms in total. The zero-order valence-corrected chi connectivity index (χ0v) is 12.2. The summed E-state index contributed by atoms with van der Waals surface area (Å²) in [5, 5.41) is 0. The van der Waals surface area contributed by atoms with Gasteiger partial charge in [0.2, 0.25) is 0 Å². The molecule has 2 rings (SSSR count). The Hall–Kier alpha value is -1.07. The van der Waals surface area contributed by atoms with Gasteiger partial charge in [0.25, 0.3) is 0 Å². The summed E-state index contributed by atoms with van der Waals surface area (Å²) in [6.07, 6.45) is 0.561. The second kappa shape index (κ2) is 6.79. The molecule has 0 bridgehead atoms. The van der Waals surface area contributed by atoms with E-state index >= 15 is 0 Å². The third-order valence-electron chi connectivity index (χ3n) is 4.37. The van der Waals surface area contributed by atoms with Crippen LogP contribution in [0.25, 0.3) is 0 Å². The molecule has 1 aliphatic rings. The Morgan fingerprint density at radius 2 is 1.76 bits per heavy atom. The van der Waals surface area contributed by atoms with Crippen molar-refractivity contribution in [2.45, 2.75) is 50.4 Å². The molecule has 0 saturated heterocycles. The number of methoxy groups -OCH3 is 1. The quantitative estimate of drug-likeness (QED) is 0.900. The van der Waals surface area contributed by atoms with Gasteiger partial charge in [-0.1, -0.05) is 37.5 Å². The van der Waals surface area contributed by atoms with Crippen molar-refractivity contribution in [1.29, 1.82) is 0 Å². The smallest absolute Gasteiger partial charge is 0.379 e. The molecule has 0 heterocycles. The summed E-state index contributed by atoms with van der Waals surface area (Å²) in [6.45, 7) is 0. The van der Waals surface area contributed by atoms with Crippen molar-refractivity contribution in [1.82, 2.24) is 0 Å². The molecule has 0 radical (unpaired) electrons. The third kappa shape index (κ3) is 3.77. The Balaban J connectivity index is 2.27. The maximum absolute atomic E-state index is 13.1. The first-order chi connectivity index (χ1) is 9.95. The van der Waals surface area contributed by atoms with E-state index < -0.39 is 17.8 Å². The average Bonchev–Trinajstić information content (AvgIpc) is 2.48. The summed E-state index contributed by atoms with van der Waals surface area (Å²) >= 11 is 0. The van der Waals surface area contributed by atoms with E-state index in [0.717, 1.165) is 31.7 Å². The van der Waals surface area contributed by atoms with E-state index in [2.05, 4.69) is 0 Å².